The van der Waals surface area contributed by atoms with Gasteiger partial charge in [0.15, 0.2) is 12.9 Å². The van der Waals surface area contributed by atoms with Gasteiger partial charge in [0.05, 0.1) is 5.56 Å². The molecule has 170 valence electrons. The fourth-order valence-electron chi connectivity index (χ4n) is 3.44. The highest BCUT2D eigenvalue weighted by Gasteiger charge is 2.18. The largest absolute Gasteiger partial charge is 0.483 e. The molecule has 2 rings (SSSR count). The van der Waals surface area contributed by atoms with E-state index in [0.717, 1.165) is 5.56 Å². The second-order valence-corrected chi connectivity index (χ2v) is 7.88. The number of nitrogens with one attached hydrogen (secondary N) is 3. The Hall–Kier alpha value is -3.68. The molecule has 0 aromatic heterocycles. The number of carbonyl (C=O) groups excluding carboxylic acids is 3. The van der Waals surface area contributed by atoms with Crippen LogP contribution in [0.15, 0.2) is 36.4 Å². The Morgan fingerprint density at radius 1 is 1.19 bits per heavy atom. The smallest absolute Gasteiger partial charge is 0.258 e. The zero-order chi connectivity index (χ0) is 23.7. The average Bonchev–Trinajstić information content (AvgIpc) is 2.76. The predicted octanol–water partition coefficient (Wildman–Crippen LogP) is 2.79. The number of benzene rings is 2. The topological polar surface area (TPSA) is 134 Å². The van der Waals surface area contributed by atoms with Crippen LogP contribution in [0, 0.1) is 11.3 Å². The third-order valence-corrected chi connectivity index (χ3v) is 4.92. The number of nitrogen functional groups attached to an aromatic ring is 1. The minimum absolute atomic E-state index is 0.151. The summed E-state index contributed by atoms with van der Waals surface area (Å²) >= 11 is 0. The molecule has 0 aliphatic heterocycles. The molecular weight excluding hydrogens is 408 g/mol. The normalized spacial score (nSPS) is 11.5. The van der Waals surface area contributed by atoms with Crippen LogP contribution in [0.5, 0.6) is 5.75 Å². The number of aldehydes is 1. The Balaban J connectivity index is 2.12. The quantitative estimate of drug-likeness (QED) is 0.243. The lowest BCUT2D eigenvalue weighted by Gasteiger charge is -2.20. The summed E-state index contributed by atoms with van der Waals surface area (Å²) in [5.41, 5.74) is 8.67. The number of rotatable bonds is 11. The van der Waals surface area contributed by atoms with Crippen LogP contribution in [0.4, 0.5) is 5.69 Å². The standard InChI is InChI=1S/C24H30N4O4/c1-15(2)9-18(11-23(30)27-3)28-24(31)14-32-22-8-7-16(10-17(22)13-29)19-5-4-6-21(26)20(19)12-25/h4-8,10,12-13,15,18,25H,9,11,14,26H2,1-3H3,(H,27,30)(H,28,31)/t18-/m0/s1. The monoisotopic (exact) mass is 438 g/mol. The van der Waals surface area contributed by atoms with Gasteiger partial charge in [-0.15, -0.1) is 0 Å². The SMILES string of the molecule is CNC(=O)C[C@H](CC(C)C)NC(=O)COc1ccc(-c2cccc(N)c2C=N)cc1C=O. The van der Waals surface area contributed by atoms with Gasteiger partial charge in [0.25, 0.3) is 5.91 Å². The molecule has 2 aromatic rings. The molecule has 0 bridgehead atoms. The summed E-state index contributed by atoms with van der Waals surface area (Å²) in [5, 5.41) is 13.0. The number of ether oxygens (including phenoxy) is 1. The lowest BCUT2D eigenvalue weighted by molar-refractivity contribution is -0.125. The van der Waals surface area contributed by atoms with Crippen molar-refractivity contribution < 1.29 is 19.1 Å². The van der Waals surface area contributed by atoms with E-state index in [2.05, 4.69) is 10.6 Å². The van der Waals surface area contributed by atoms with Crippen LogP contribution in [0.25, 0.3) is 11.1 Å². The Bertz CT molecular complexity index is 988. The van der Waals surface area contributed by atoms with Crippen molar-refractivity contribution in [3.05, 3.63) is 47.5 Å². The van der Waals surface area contributed by atoms with Crippen LogP contribution < -0.4 is 21.1 Å². The summed E-state index contributed by atoms with van der Waals surface area (Å²) < 4.78 is 5.58. The molecule has 0 unspecified atom stereocenters. The van der Waals surface area contributed by atoms with Crippen molar-refractivity contribution in [2.45, 2.75) is 32.7 Å². The van der Waals surface area contributed by atoms with Gasteiger partial charge in [0.1, 0.15) is 5.75 Å². The van der Waals surface area contributed by atoms with Crippen LogP contribution >= 0.6 is 0 Å². The van der Waals surface area contributed by atoms with Crippen LogP contribution in [0.2, 0.25) is 0 Å². The molecular formula is C24H30N4O4. The zero-order valence-electron chi connectivity index (χ0n) is 18.6. The van der Waals surface area contributed by atoms with Crippen molar-refractivity contribution in [3.8, 4) is 16.9 Å². The third-order valence-electron chi connectivity index (χ3n) is 4.92. The average molecular weight is 439 g/mol. The number of carbonyl (C=O) groups is 3. The molecule has 0 saturated heterocycles. The highest BCUT2D eigenvalue weighted by molar-refractivity contribution is 5.96. The van der Waals surface area contributed by atoms with Crippen molar-refractivity contribution in [2.24, 2.45) is 5.92 Å². The number of nitrogens with two attached hydrogens (primary N) is 1. The second-order valence-electron chi connectivity index (χ2n) is 7.88. The maximum Gasteiger partial charge on any atom is 0.258 e. The van der Waals surface area contributed by atoms with Gasteiger partial charge in [-0.1, -0.05) is 32.0 Å². The first-order valence-electron chi connectivity index (χ1n) is 10.4. The molecule has 0 saturated carbocycles. The van der Waals surface area contributed by atoms with Crippen LogP contribution in [-0.2, 0) is 9.59 Å². The van der Waals surface area contributed by atoms with E-state index < -0.39 is 0 Å². The molecule has 8 nitrogen and oxygen atoms in total. The Morgan fingerprint density at radius 2 is 1.94 bits per heavy atom. The maximum atomic E-state index is 12.4. The lowest BCUT2D eigenvalue weighted by Crippen LogP contribution is -2.41. The molecule has 32 heavy (non-hydrogen) atoms. The van der Waals surface area contributed by atoms with E-state index in [1.54, 1.807) is 37.4 Å². The number of amides is 2. The molecule has 0 radical (unpaired) electrons. The lowest BCUT2D eigenvalue weighted by atomic mass is 9.97. The molecule has 5 N–H and O–H groups in total. The van der Waals surface area contributed by atoms with Gasteiger partial charge in [-0.3, -0.25) is 14.4 Å². The molecule has 0 fully saturated rings. The minimum Gasteiger partial charge on any atom is -0.483 e. The fourth-order valence-corrected chi connectivity index (χ4v) is 3.44. The zero-order valence-corrected chi connectivity index (χ0v) is 18.6. The Labute approximate surface area is 188 Å². The van der Waals surface area contributed by atoms with Crippen LogP contribution in [-0.4, -0.2) is 44.0 Å². The van der Waals surface area contributed by atoms with Gasteiger partial charge < -0.3 is 26.5 Å². The number of hydrogen-bond donors (Lipinski definition) is 4. The summed E-state index contributed by atoms with van der Waals surface area (Å²) in [6.07, 6.45) is 2.67. The van der Waals surface area contributed by atoms with Crippen molar-refractivity contribution in [1.82, 2.24) is 10.6 Å². The molecule has 2 aromatic carbocycles. The first kappa shape index (κ1) is 24.6. The predicted molar refractivity (Wildman–Crippen MR) is 125 cm³/mol. The number of anilines is 1. The first-order chi connectivity index (χ1) is 15.3. The Kier molecular flexibility index (Phi) is 8.95. The fraction of sp³-hybridized carbons (Fsp3) is 0.333. The summed E-state index contributed by atoms with van der Waals surface area (Å²) in [5.74, 6) is 0.0489. The summed E-state index contributed by atoms with van der Waals surface area (Å²) in [7, 11) is 1.55. The van der Waals surface area contributed by atoms with Crippen molar-refractivity contribution in [1.29, 1.82) is 5.41 Å². The van der Waals surface area contributed by atoms with E-state index in [1.807, 2.05) is 19.9 Å². The van der Waals surface area contributed by atoms with E-state index in [4.69, 9.17) is 15.9 Å². The van der Waals surface area contributed by atoms with E-state index >= 15 is 0 Å². The van der Waals surface area contributed by atoms with Gasteiger partial charge in [-0.05, 0) is 41.7 Å². The van der Waals surface area contributed by atoms with E-state index in [-0.39, 0.29) is 42.2 Å². The second kappa shape index (κ2) is 11.6. The molecule has 2 amide bonds. The molecule has 0 heterocycles. The molecule has 1 atom stereocenters. The minimum atomic E-state index is -0.373. The van der Waals surface area contributed by atoms with E-state index in [9.17, 15) is 14.4 Å². The summed E-state index contributed by atoms with van der Waals surface area (Å²) in [6.45, 7) is 3.75. The molecule has 0 aliphatic rings. The molecule has 0 aliphatic carbocycles. The summed E-state index contributed by atoms with van der Waals surface area (Å²) in [6, 6.07) is 9.98. The van der Waals surface area contributed by atoms with Gasteiger partial charge in [-0.25, -0.2) is 0 Å². The van der Waals surface area contributed by atoms with Crippen LogP contribution in [0.3, 0.4) is 0 Å². The molecule has 8 heteroatoms. The van der Waals surface area contributed by atoms with Crippen molar-refractivity contribution >= 4 is 30.0 Å². The number of hydrogen-bond acceptors (Lipinski definition) is 6. The van der Waals surface area contributed by atoms with Crippen LogP contribution in [0.1, 0.15) is 42.6 Å². The highest BCUT2D eigenvalue weighted by Crippen LogP contribution is 2.30. The van der Waals surface area contributed by atoms with E-state index in [0.29, 0.717) is 35.4 Å². The third kappa shape index (κ3) is 6.66. The van der Waals surface area contributed by atoms with Crippen molar-refractivity contribution in [2.75, 3.05) is 19.4 Å². The Morgan fingerprint density at radius 3 is 2.56 bits per heavy atom. The maximum absolute atomic E-state index is 12.4. The summed E-state index contributed by atoms with van der Waals surface area (Å²) in [4.78, 5) is 35.7. The highest BCUT2D eigenvalue weighted by atomic mass is 16.5. The molecule has 0 spiro atoms. The first-order valence-corrected chi connectivity index (χ1v) is 10.4. The van der Waals surface area contributed by atoms with Gasteiger partial charge in [0, 0.05) is 37.0 Å². The van der Waals surface area contributed by atoms with Gasteiger partial charge in [-0.2, -0.15) is 0 Å². The van der Waals surface area contributed by atoms with Gasteiger partial charge >= 0.3 is 0 Å². The van der Waals surface area contributed by atoms with Crippen molar-refractivity contribution in [3.63, 3.8) is 0 Å². The van der Waals surface area contributed by atoms with Gasteiger partial charge in [0.2, 0.25) is 5.91 Å². The van der Waals surface area contributed by atoms with E-state index in [1.165, 1.54) is 6.21 Å².